The number of urea groups is 1. The minimum absolute atomic E-state index is 0.170. The summed E-state index contributed by atoms with van der Waals surface area (Å²) in [5.41, 5.74) is 0.170. The molecule has 1 saturated heterocycles. The average Bonchev–Trinajstić information content (AvgIpc) is 2.35. The molecule has 1 N–H and O–H groups in total. The molecule has 0 aromatic heterocycles. The molecule has 0 saturated carbocycles. The van der Waals surface area contributed by atoms with Crippen molar-refractivity contribution in [3.05, 3.63) is 28.5 Å². The summed E-state index contributed by atoms with van der Waals surface area (Å²) in [5.74, 6) is -0.457. The Hall–Kier alpha value is -1.14. The standard InChI is InChI=1S/C11H12BrFN2O2/c12-8-2-1-3-9(13)10(8)14-11(16)15-4-6-17-7-5-15/h1-3H,4-7H2,(H,14,16). The number of nitrogens with one attached hydrogen (secondary N) is 1. The topological polar surface area (TPSA) is 41.6 Å². The van der Waals surface area contributed by atoms with Gasteiger partial charge in [0.25, 0.3) is 0 Å². The Morgan fingerprint density at radius 3 is 2.76 bits per heavy atom. The van der Waals surface area contributed by atoms with Gasteiger partial charge in [0.05, 0.1) is 18.9 Å². The lowest BCUT2D eigenvalue weighted by Gasteiger charge is -2.27. The largest absolute Gasteiger partial charge is 0.378 e. The Bertz CT molecular complexity index is 402. The van der Waals surface area contributed by atoms with Gasteiger partial charge in [0.1, 0.15) is 5.82 Å². The first kappa shape index (κ1) is 12.3. The molecule has 1 aliphatic heterocycles. The van der Waals surface area contributed by atoms with Gasteiger partial charge in [-0.05, 0) is 28.1 Å². The molecule has 1 fully saturated rings. The maximum atomic E-state index is 13.5. The molecule has 1 aromatic rings. The van der Waals surface area contributed by atoms with E-state index in [1.165, 1.54) is 6.07 Å². The van der Waals surface area contributed by atoms with Crippen molar-refractivity contribution >= 4 is 27.6 Å². The number of ether oxygens (including phenoxy) is 1. The molecule has 1 aliphatic rings. The highest BCUT2D eigenvalue weighted by Gasteiger charge is 2.18. The number of morpholine rings is 1. The summed E-state index contributed by atoms with van der Waals surface area (Å²) in [4.78, 5) is 13.4. The molecule has 0 aliphatic carbocycles. The van der Waals surface area contributed by atoms with Gasteiger partial charge in [-0.3, -0.25) is 0 Å². The minimum atomic E-state index is -0.457. The second-order valence-electron chi connectivity index (χ2n) is 3.63. The van der Waals surface area contributed by atoms with Crippen molar-refractivity contribution in [2.24, 2.45) is 0 Å². The fraction of sp³-hybridized carbons (Fsp3) is 0.364. The molecule has 1 heterocycles. The molecule has 1 aromatic carbocycles. The van der Waals surface area contributed by atoms with Crippen LogP contribution < -0.4 is 5.32 Å². The summed E-state index contributed by atoms with van der Waals surface area (Å²) in [6.45, 7) is 2.09. The van der Waals surface area contributed by atoms with Crippen LogP contribution >= 0.6 is 15.9 Å². The molecule has 2 amide bonds. The van der Waals surface area contributed by atoms with E-state index in [9.17, 15) is 9.18 Å². The van der Waals surface area contributed by atoms with Crippen LogP contribution in [-0.4, -0.2) is 37.2 Å². The first-order valence-corrected chi connectivity index (χ1v) is 6.05. The number of rotatable bonds is 1. The van der Waals surface area contributed by atoms with Gasteiger partial charge in [0.2, 0.25) is 0 Å². The number of para-hydroxylation sites is 1. The fourth-order valence-electron chi connectivity index (χ4n) is 1.57. The van der Waals surface area contributed by atoms with E-state index in [1.807, 2.05) is 0 Å². The Kier molecular flexibility index (Phi) is 3.96. The van der Waals surface area contributed by atoms with Crippen molar-refractivity contribution in [3.8, 4) is 0 Å². The van der Waals surface area contributed by atoms with Gasteiger partial charge < -0.3 is 15.0 Å². The molecule has 6 heteroatoms. The molecule has 0 bridgehead atoms. The average molecular weight is 303 g/mol. The van der Waals surface area contributed by atoms with Gasteiger partial charge in [0.15, 0.2) is 0 Å². The number of carbonyl (C=O) groups is 1. The predicted octanol–water partition coefficient (Wildman–Crippen LogP) is 2.45. The number of benzene rings is 1. The first-order chi connectivity index (χ1) is 8.18. The van der Waals surface area contributed by atoms with E-state index < -0.39 is 5.82 Å². The molecule has 0 atom stereocenters. The first-order valence-electron chi connectivity index (χ1n) is 5.26. The Morgan fingerprint density at radius 1 is 1.41 bits per heavy atom. The van der Waals surface area contributed by atoms with E-state index in [0.717, 1.165) is 0 Å². The minimum Gasteiger partial charge on any atom is -0.378 e. The number of amides is 2. The second-order valence-corrected chi connectivity index (χ2v) is 4.48. The lowest BCUT2D eigenvalue weighted by Crippen LogP contribution is -2.43. The van der Waals surface area contributed by atoms with Crippen LogP contribution in [0.2, 0.25) is 0 Å². The lowest BCUT2D eigenvalue weighted by molar-refractivity contribution is 0.0564. The van der Waals surface area contributed by atoms with Crippen molar-refractivity contribution in [2.75, 3.05) is 31.6 Å². The monoisotopic (exact) mass is 302 g/mol. The van der Waals surface area contributed by atoms with Crippen LogP contribution in [0, 0.1) is 5.82 Å². The number of halogens is 2. The van der Waals surface area contributed by atoms with Crippen LogP contribution in [0.3, 0.4) is 0 Å². The van der Waals surface area contributed by atoms with Gasteiger partial charge in [-0.2, -0.15) is 0 Å². The zero-order chi connectivity index (χ0) is 12.3. The van der Waals surface area contributed by atoms with E-state index >= 15 is 0 Å². The zero-order valence-corrected chi connectivity index (χ0v) is 10.7. The molecule has 2 rings (SSSR count). The molecule has 0 unspecified atom stereocenters. The molecule has 0 radical (unpaired) electrons. The third-order valence-corrected chi connectivity index (χ3v) is 3.15. The highest BCUT2D eigenvalue weighted by molar-refractivity contribution is 9.10. The third kappa shape index (κ3) is 2.95. The summed E-state index contributed by atoms with van der Waals surface area (Å²) in [7, 11) is 0. The van der Waals surface area contributed by atoms with Gasteiger partial charge in [0, 0.05) is 17.6 Å². The van der Waals surface area contributed by atoms with Crippen molar-refractivity contribution in [2.45, 2.75) is 0 Å². The summed E-state index contributed by atoms with van der Waals surface area (Å²) >= 11 is 3.20. The van der Waals surface area contributed by atoms with E-state index in [4.69, 9.17) is 4.74 Å². The van der Waals surface area contributed by atoms with E-state index in [2.05, 4.69) is 21.2 Å². The highest BCUT2D eigenvalue weighted by Crippen LogP contribution is 2.25. The zero-order valence-electron chi connectivity index (χ0n) is 9.08. The normalized spacial score (nSPS) is 15.8. The summed E-state index contributed by atoms with van der Waals surface area (Å²) in [6, 6.07) is 4.25. The van der Waals surface area contributed by atoms with Crippen molar-refractivity contribution in [1.29, 1.82) is 0 Å². The van der Waals surface area contributed by atoms with Crippen LogP contribution in [0.25, 0.3) is 0 Å². The van der Waals surface area contributed by atoms with Crippen LogP contribution in [0.1, 0.15) is 0 Å². The number of anilines is 1. The number of carbonyl (C=O) groups excluding carboxylic acids is 1. The van der Waals surface area contributed by atoms with Crippen molar-refractivity contribution < 1.29 is 13.9 Å². The van der Waals surface area contributed by atoms with Gasteiger partial charge >= 0.3 is 6.03 Å². The smallest absolute Gasteiger partial charge is 0.322 e. The van der Waals surface area contributed by atoms with Gasteiger partial charge in [-0.1, -0.05) is 6.07 Å². The molecule has 0 spiro atoms. The van der Waals surface area contributed by atoms with E-state index in [1.54, 1.807) is 17.0 Å². The predicted molar refractivity (Wildman–Crippen MR) is 65.5 cm³/mol. The van der Waals surface area contributed by atoms with Crippen molar-refractivity contribution in [1.82, 2.24) is 4.90 Å². The summed E-state index contributed by atoms with van der Waals surface area (Å²) in [5, 5.41) is 2.56. The molecular weight excluding hydrogens is 291 g/mol. The lowest BCUT2D eigenvalue weighted by atomic mass is 10.3. The molecule has 17 heavy (non-hydrogen) atoms. The maximum Gasteiger partial charge on any atom is 0.322 e. The Labute approximate surface area is 107 Å². The molecular formula is C11H12BrFN2O2. The molecule has 92 valence electrons. The maximum absolute atomic E-state index is 13.5. The van der Waals surface area contributed by atoms with Crippen LogP contribution in [0.5, 0.6) is 0 Å². The van der Waals surface area contributed by atoms with Crippen LogP contribution in [0.4, 0.5) is 14.9 Å². The quantitative estimate of drug-likeness (QED) is 0.866. The summed E-state index contributed by atoms with van der Waals surface area (Å²) < 4.78 is 19.2. The van der Waals surface area contributed by atoms with E-state index in [0.29, 0.717) is 30.8 Å². The second kappa shape index (κ2) is 5.46. The molecule has 4 nitrogen and oxygen atoms in total. The number of hydrogen-bond acceptors (Lipinski definition) is 2. The van der Waals surface area contributed by atoms with Crippen LogP contribution in [0.15, 0.2) is 22.7 Å². The van der Waals surface area contributed by atoms with Gasteiger partial charge in [-0.15, -0.1) is 0 Å². The fourth-order valence-corrected chi connectivity index (χ4v) is 2.01. The third-order valence-electron chi connectivity index (χ3n) is 2.49. The Morgan fingerprint density at radius 2 is 2.12 bits per heavy atom. The van der Waals surface area contributed by atoms with Crippen LogP contribution in [-0.2, 0) is 4.74 Å². The number of nitrogens with zero attached hydrogens (tertiary/aromatic N) is 1. The van der Waals surface area contributed by atoms with Gasteiger partial charge in [-0.25, -0.2) is 9.18 Å². The number of hydrogen-bond donors (Lipinski definition) is 1. The van der Waals surface area contributed by atoms with Crippen molar-refractivity contribution in [3.63, 3.8) is 0 Å². The van der Waals surface area contributed by atoms with E-state index in [-0.39, 0.29) is 11.7 Å². The summed E-state index contributed by atoms with van der Waals surface area (Å²) in [6.07, 6.45) is 0. The highest BCUT2D eigenvalue weighted by atomic mass is 79.9. The SMILES string of the molecule is O=C(Nc1c(F)cccc1Br)N1CCOCC1. The Balaban J connectivity index is 2.07.